The molecular weight excluding hydrogens is 451 g/mol. The molecule has 2 amide bonds. The molecule has 8 nitrogen and oxygen atoms in total. The molecular formula is C23H27FN2O6S. The van der Waals surface area contributed by atoms with Crippen LogP contribution in [0.25, 0.3) is 0 Å². The van der Waals surface area contributed by atoms with Gasteiger partial charge in [-0.25, -0.2) is 17.7 Å². The van der Waals surface area contributed by atoms with Crippen LogP contribution < -0.4 is 4.90 Å². The summed E-state index contributed by atoms with van der Waals surface area (Å²) < 4.78 is 51.4. The van der Waals surface area contributed by atoms with Gasteiger partial charge in [0.2, 0.25) is 15.9 Å². The number of carbonyl (C=O) groups is 2. The summed E-state index contributed by atoms with van der Waals surface area (Å²) in [5, 5.41) is 0. The van der Waals surface area contributed by atoms with Gasteiger partial charge in [0.1, 0.15) is 11.9 Å². The Morgan fingerprint density at radius 2 is 1.61 bits per heavy atom. The highest BCUT2D eigenvalue weighted by atomic mass is 32.2. The van der Waals surface area contributed by atoms with E-state index in [-0.39, 0.29) is 23.8 Å². The lowest BCUT2D eigenvalue weighted by Gasteiger charge is -2.29. The van der Waals surface area contributed by atoms with E-state index < -0.39 is 40.0 Å². The number of ether oxygens (including phenoxy) is 2. The van der Waals surface area contributed by atoms with Gasteiger partial charge in [-0.3, -0.25) is 9.59 Å². The minimum absolute atomic E-state index is 0.213. The third kappa shape index (κ3) is 5.14. The topological polar surface area (TPSA) is 93.2 Å². The molecule has 2 aromatic rings. The van der Waals surface area contributed by atoms with Crippen LogP contribution in [0, 0.1) is 5.82 Å². The standard InChI is InChI=1S/C23H27FN2O6S/c1-15(2)16-5-9-18(10-6-16)26-21(27)13-20(23(26)28)25(14-22(31-3)32-4)33(29,30)19-11-7-17(24)8-12-19/h5-12,15,20,22H,13-14H2,1-4H3. The van der Waals surface area contributed by atoms with Gasteiger partial charge in [0, 0.05) is 14.2 Å². The van der Waals surface area contributed by atoms with Crippen molar-refractivity contribution in [2.24, 2.45) is 0 Å². The van der Waals surface area contributed by atoms with Gasteiger partial charge in [-0.05, 0) is 47.9 Å². The largest absolute Gasteiger partial charge is 0.354 e. The zero-order valence-electron chi connectivity index (χ0n) is 18.9. The minimum Gasteiger partial charge on any atom is -0.354 e. The van der Waals surface area contributed by atoms with Crippen molar-refractivity contribution in [3.05, 3.63) is 59.9 Å². The van der Waals surface area contributed by atoms with Gasteiger partial charge in [-0.15, -0.1) is 0 Å². The number of hydrogen-bond donors (Lipinski definition) is 0. The third-order valence-electron chi connectivity index (χ3n) is 5.56. The third-order valence-corrected chi connectivity index (χ3v) is 7.45. The molecule has 0 bridgehead atoms. The van der Waals surface area contributed by atoms with Crippen LogP contribution in [0.3, 0.4) is 0 Å². The Morgan fingerprint density at radius 3 is 2.12 bits per heavy atom. The number of rotatable bonds is 9. The van der Waals surface area contributed by atoms with Gasteiger partial charge in [0.25, 0.3) is 5.91 Å². The molecule has 2 aromatic carbocycles. The van der Waals surface area contributed by atoms with Gasteiger partial charge in [-0.1, -0.05) is 26.0 Å². The number of nitrogens with zero attached hydrogens (tertiary/aromatic N) is 2. The molecule has 1 atom stereocenters. The van der Waals surface area contributed by atoms with Crippen molar-refractivity contribution in [2.75, 3.05) is 25.7 Å². The first-order valence-corrected chi connectivity index (χ1v) is 11.8. The lowest BCUT2D eigenvalue weighted by molar-refractivity contribution is -0.125. The maximum atomic E-state index is 13.4. The summed E-state index contributed by atoms with van der Waals surface area (Å²) in [5.41, 5.74) is 1.41. The average Bonchev–Trinajstić information content (AvgIpc) is 3.08. The number of halogens is 1. The summed E-state index contributed by atoms with van der Waals surface area (Å²) in [6.07, 6.45) is -1.33. The molecule has 1 saturated heterocycles. The van der Waals surface area contributed by atoms with Crippen molar-refractivity contribution >= 4 is 27.5 Å². The van der Waals surface area contributed by atoms with Gasteiger partial charge in [0.05, 0.1) is 23.5 Å². The van der Waals surface area contributed by atoms with Crippen LogP contribution >= 0.6 is 0 Å². The Labute approximate surface area is 192 Å². The quantitative estimate of drug-likeness (QED) is 0.407. The highest BCUT2D eigenvalue weighted by molar-refractivity contribution is 7.89. The molecule has 1 unspecified atom stereocenters. The normalized spacial score (nSPS) is 17.1. The summed E-state index contributed by atoms with van der Waals surface area (Å²) in [4.78, 5) is 26.9. The van der Waals surface area contributed by atoms with E-state index in [2.05, 4.69) is 0 Å². The maximum Gasteiger partial charge on any atom is 0.252 e. The fourth-order valence-electron chi connectivity index (χ4n) is 3.65. The number of hydrogen-bond acceptors (Lipinski definition) is 6. The molecule has 0 spiro atoms. The fourth-order valence-corrected chi connectivity index (χ4v) is 5.22. The van der Waals surface area contributed by atoms with Gasteiger partial charge in [-0.2, -0.15) is 4.31 Å². The highest BCUT2D eigenvalue weighted by Gasteiger charge is 2.47. The van der Waals surface area contributed by atoms with Crippen molar-refractivity contribution in [1.29, 1.82) is 0 Å². The second kappa shape index (κ2) is 10.1. The molecule has 10 heteroatoms. The van der Waals surface area contributed by atoms with Crippen LogP contribution in [0.4, 0.5) is 10.1 Å². The molecule has 0 aromatic heterocycles. The van der Waals surface area contributed by atoms with Crippen molar-refractivity contribution in [2.45, 2.75) is 43.4 Å². The predicted octanol–water partition coefficient (Wildman–Crippen LogP) is 2.89. The Balaban J connectivity index is 1.99. The summed E-state index contributed by atoms with van der Waals surface area (Å²) in [6.45, 7) is 3.71. The van der Waals surface area contributed by atoms with Crippen LogP contribution in [0.15, 0.2) is 53.4 Å². The molecule has 33 heavy (non-hydrogen) atoms. The Kier molecular flexibility index (Phi) is 7.63. The highest BCUT2D eigenvalue weighted by Crippen LogP contribution is 2.30. The number of amides is 2. The van der Waals surface area contributed by atoms with E-state index >= 15 is 0 Å². The van der Waals surface area contributed by atoms with Gasteiger partial charge >= 0.3 is 0 Å². The second-order valence-electron chi connectivity index (χ2n) is 7.96. The fraction of sp³-hybridized carbons (Fsp3) is 0.391. The van der Waals surface area contributed by atoms with Crippen LogP contribution in [0.2, 0.25) is 0 Å². The van der Waals surface area contributed by atoms with Crippen molar-refractivity contribution in [3.63, 3.8) is 0 Å². The number of anilines is 1. The zero-order chi connectivity index (χ0) is 24.3. The Morgan fingerprint density at radius 1 is 1.03 bits per heavy atom. The predicted molar refractivity (Wildman–Crippen MR) is 120 cm³/mol. The smallest absolute Gasteiger partial charge is 0.252 e. The zero-order valence-corrected chi connectivity index (χ0v) is 19.7. The van der Waals surface area contributed by atoms with Crippen LogP contribution in [0.5, 0.6) is 0 Å². The molecule has 0 radical (unpaired) electrons. The number of benzene rings is 2. The molecule has 0 saturated carbocycles. The molecule has 1 fully saturated rings. The first kappa shape index (κ1) is 25.0. The number of imide groups is 1. The molecule has 0 aliphatic carbocycles. The summed E-state index contributed by atoms with van der Waals surface area (Å²) in [6, 6.07) is 9.92. The van der Waals surface area contributed by atoms with Crippen LogP contribution in [-0.2, 0) is 29.1 Å². The molecule has 178 valence electrons. The summed E-state index contributed by atoms with van der Waals surface area (Å²) >= 11 is 0. The van der Waals surface area contributed by atoms with Crippen molar-refractivity contribution < 1.29 is 31.9 Å². The molecule has 1 heterocycles. The molecule has 1 aliphatic heterocycles. The van der Waals surface area contributed by atoms with E-state index in [0.29, 0.717) is 5.69 Å². The van der Waals surface area contributed by atoms with E-state index in [1.165, 1.54) is 14.2 Å². The average molecular weight is 479 g/mol. The minimum atomic E-state index is -4.29. The van der Waals surface area contributed by atoms with Crippen LogP contribution in [-0.4, -0.2) is 57.6 Å². The maximum absolute atomic E-state index is 13.4. The van der Waals surface area contributed by atoms with Gasteiger partial charge in [0.15, 0.2) is 6.29 Å². The first-order chi connectivity index (χ1) is 15.6. The Bertz CT molecular complexity index is 1100. The van der Waals surface area contributed by atoms with Gasteiger partial charge < -0.3 is 9.47 Å². The SMILES string of the molecule is COC(CN(C1CC(=O)N(c2ccc(C(C)C)cc2)C1=O)S(=O)(=O)c1ccc(F)cc1)OC. The first-order valence-electron chi connectivity index (χ1n) is 10.4. The number of carbonyl (C=O) groups excluding carboxylic acids is 2. The summed E-state index contributed by atoms with van der Waals surface area (Å²) in [5.74, 6) is -1.52. The molecule has 0 N–H and O–H groups in total. The number of methoxy groups -OCH3 is 2. The lowest BCUT2D eigenvalue weighted by atomic mass is 10.0. The van der Waals surface area contributed by atoms with E-state index in [4.69, 9.17) is 9.47 Å². The van der Waals surface area contributed by atoms with Crippen molar-refractivity contribution in [3.8, 4) is 0 Å². The van der Waals surface area contributed by atoms with E-state index in [9.17, 15) is 22.4 Å². The molecule has 3 rings (SSSR count). The summed E-state index contributed by atoms with van der Waals surface area (Å²) in [7, 11) is -1.62. The van der Waals surface area contributed by atoms with E-state index in [0.717, 1.165) is 39.0 Å². The van der Waals surface area contributed by atoms with Crippen molar-refractivity contribution in [1.82, 2.24) is 4.31 Å². The second-order valence-corrected chi connectivity index (χ2v) is 9.85. The number of sulfonamides is 1. The van der Waals surface area contributed by atoms with E-state index in [1.807, 2.05) is 26.0 Å². The molecule has 1 aliphatic rings. The van der Waals surface area contributed by atoms with Crippen LogP contribution in [0.1, 0.15) is 31.7 Å². The monoisotopic (exact) mass is 478 g/mol. The lowest BCUT2D eigenvalue weighted by Crippen LogP contribution is -2.49. The van der Waals surface area contributed by atoms with E-state index in [1.54, 1.807) is 12.1 Å². The Hall–Kier alpha value is -2.66.